The van der Waals surface area contributed by atoms with Crippen molar-refractivity contribution >= 4 is 11.8 Å². The van der Waals surface area contributed by atoms with Gasteiger partial charge in [-0.2, -0.15) is 0 Å². The summed E-state index contributed by atoms with van der Waals surface area (Å²) >= 11 is 1.58. The van der Waals surface area contributed by atoms with Gasteiger partial charge in [0.2, 0.25) is 0 Å². The molecule has 2 heteroatoms. The minimum Gasteiger partial charge on any atom is -0.508 e. The number of hydrogen-bond donors (Lipinski definition) is 1. The van der Waals surface area contributed by atoms with Gasteiger partial charge in [0.25, 0.3) is 0 Å². The van der Waals surface area contributed by atoms with Crippen LogP contribution in [0.5, 0.6) is 5.75 Å². The third kappa shape index (κ3) is 2.57. The number of hydrogen-bond acceptors (Lipinski definition) is 2. The molecule has 1 aromatic carbocycles. The average Bonchev–Trinajstić information content (AvgIpc) is 2.04. The van der Waals surface area contributed by atoms with E-state index in [1.54, 1.807) is 23.9 Å². The van der Waals surface area contributed by atoms with Crippen LogP contribution in [0.1, 0.15) is 0 Å². The van der Waals surface area contributed by atoms with Crippen LogP contribution in [-0.2, 0) is 0 Å². The third-order valence-electron chi connectivity index (χ3n) is 1.16. The topological polar surface area (TPSA) is 20.2 Å². The van der Waals surface area contributed by atoms with Gasteiger partial charge in [0.15, 0.2) is 0 Å². The normalized spacial score (nSPS) is 9.00. The lowest BCUT2D eigenvalue weighted by atomic mass is 10.3. The number of phenols is 1. The van der Waals surface area contributed by atoms with E-state index in [9.17, 15) is 0 Å². The van der Waals surface area contributed by atoms with E-state index in [1.807, 2.05) is 12.1 Å². The maximum Gasteiger partial charge on any atom is 0.115 e. The summed E-state index contributed by atoms with van der Waals surface area (Å²) in [6.45, 7) is 0. The summed E-state index contributed by atoms with van der Waals surface area (Å²) in [6, 6.07) is 6.99. The fraction of sp³-hybridized carbons (Fsp3) is 0.111. The van der Waals surface area contributed by atoms with Gasteiger partial charge in [-0.15, -0.1) is 18.2 Å². The molecule has 0 unspecified atom stereocenters. The quantitative estimate of drug-likeness (QED) is 0.533. The summed E-state index contributed by atoms with van der Waals surface area (Å²) in [5.74, 6) is 3.49. The van der Waals surface area contributed by atoms with Crippen molar-refractivity contribution in [3.05, 3.63) is 24.3 Å². The Hall–Kier alpha value is -1.07. The summed E-state index contributed by atoms with van der Waals surface area (Å²) in [6.07, 6.45) is 5.09. The lowest BCUT2D eigenvalue weighted by Gasteiger charge is -1.96. The predicted octanol–water partition coefficient (Wildman–Crippen LogP) is 2.12. The second kappa shape index (κ2) is 3.95. The highest BCUT2D eigenvalue weighted by Gasteiger charge is 1.90. The van der Waals surface area contributed by atoms with Crippen molar-refractivity contribution < 1.29 is 5.11 Å². The first kappa shape index (κ1) is 8.03. The highest BCUT2D eigenvalue weighted by atomic mass is 32.2. The Morgan fingerprint density at radius 2 is 2.00 bits per heavy atom. The van der Waals surface area contributed by atoms with Crippen molar-refractivity contribution in [3.8, 4) is 18.1 Å². The van der Waals surface area contributed by atoms with E-state index in [2.05, 4.69) is 5.92 Å². The molecule has 1 N–H and O–H groups in total. The number of phenolic OH excluding ortho intramolecular Hbond substituents is 1. The molecule has 0 aromatic heterocycles. The Morgan fingerprint density at radius 1 is 1.36 bits per heavy atom. The monoisotopic (exact) mass is 164 g/mol. The molecule has 0 atom stereocenters. The van der Waals surface area contributed by atoms with Crippen LogP contribution in [0.3, 0.4) is 0 Å². The molecule has 0 saturated heterocycles. The first-order valence-corrected chi connectivity index (χ1v) is 4.17. The Balaban J connectivity index is 2.60. The van der Waals surface area contributed by atoms with Gasteiger partial charge in [-0.05, 0) is 24.3 Å². The second-order valence-electron chi connectivity index (χ2n) is 1.99. The smallest absolute Gasteiger partial charge is 0.115 e. The molecule has 0 saturated carbocycles. The molecule has 0 radical (unpaired) electrons. The summed E-state index contributed by atoms with van der Waals surface area (Å²) in [5.41, 5.74) is 0. The van der Waals surface area contributed by atoms with Crippen LogP contribution >= 0.6 is 11.8 Å². The van der Waals surface area contributed by atoms with E-state index in [0.717, 1.165) is 4.90 Å². The standard InChI is InChI=1S/C9H8OS/c1-2-7-11-9-5-3-8(10)4-6-9/h1,3-6,10H,7H2. The first-order chi connectivity index (χ1) is 5.33. The van der Waals surface area contributed by atoms with Crippen molar-refractivity contribution in [2.45, 2.75) is 4.90 Å². The van der Waals surface area contributed by atoms with Crippen LogP contribution in [0.25, 0.3) is 0 Å². The molecule has 56 valence electrons. The summed E-state index contributed by atoms with van der Waals surface area (Å²) in [5, 5.41) is 8.93. The van der Waals surface area contributed by atoms with Crippen LogP contribution in [0.2, 0.25) is 0 Å². The van der Waals surface area contributed by atoms with Gasteiger partial charge in [-0.1, -0.05) is 5.92 Å². The van der Waals surface area contributed by atoms with E-state index in [-0.39, 0.29) is 5.75 Å². The Kier molecular flexibility index (Phi) is 2.88. The molecule has 0 aliphatic carbocycles. The van der Waals surface area contributed by atoms with Gasteiger partial charge >= 0.3 is 0 Å². The van der Waals surface area contributed by atoms with Gasteiger partial charge in [0, 0.05) is 4.90 Å². The van der Waals surface area contributed by atoms with E-state index < -0.39 is 0 Å². The van der Waals surface area contributed by atoms with E-state index in [1.165, 1.54) is 0 Å². The van der Waals surface area contributed by atoms with Gasteiger partial charge in [-0.3, -0.25) is 0 Å². The molecule has 0 amide bonds. The number of aromatic hydroxyl groups is 1. The minimum atomic E-state index is 0.287. The minimum absolute atomic E-state index is 0.287. The zero-order valence-corrected chi connectivity index (χ0v) is 6.77. The summed E-state index contributed by atoms with van der Waals surface area (Å²) in [7, 11) is 0. The average molecular weight is 164 g/mol. The first-order valence-electron chi connectivity index (χ1n) is 3.18. The Labute approximate surface area is 70.4 Å². The highest BCUT2D eigenvalue weighted by molar-refractivity contribution is 7.99. The molecular weight excluding hydrogens is 156 g/mol. The molecule has 0 heterocycles. The maximum atomic E-state index is 8.93. The SMILES string of the molecule is C#CCSc1ccc(O)cc1. The Morgan fingerprint density at radius 3 is 2.55 bits per heavy atom. The van der Waals surface area contributed by atoms with Crippen LogP contribution in [-0.4, -0.2) is 10.9 Å². The molecule has 0 bridgehead atoms. The Bertz CT molecular complexity index is 258. The number of rotatable bonds is 2. The molecule has 1 rings (SSSR count). The number of thioether (sulfide) groups is 1. The van der Waals surface area contributed by atoms with Crippen LogP contribution in [0.15, 0.2) is 29.2 Å². The van der Waals surface area contributed by atoms with Crippen LogP contribution < -0.4 is 0 Å². The van der Waals surface area contributed by atoms with Gasteiger partial charge in [0.1, 0.15) is 5.75 Å². The largest absolute Gasteiger partial charge is 0.508 e. The molecule has 1 nitrogen and oxygen atoms in total. The second-order valence-corrected chi connectivity index (χ2v) is 3.04. The van der Waals surface area contributed by atoms with Gasteiger partial charge in [-0.25, -0.2) is 0 Å². The van der Waals surface area contributed by atoms with E-state index in [4.69, 9.17) is 11.5 Å². The van der Waals surface area contributed by atoms with E-state index in [0.29, 0.717) is 5.75 Å². The maximum absolute atomic E-state index is 8.93. The molecule has 0 aliphatic rings. The fourth-order valence-electron chi connectivity index (χ4n) is 0.667. The molecular formula is C9H8OS. The zero-order valence-electron chi connectivity index (χ0n) is 5.95. The van der Waals surface area contributed by atoms with Crippen molar-refractivity contribution in [2.75, 3.05) is 5.75 Å². The molecule has 0 aliphatic heterocycles. The molecule has 1 aromatic rings. The number of terminal acetylenes is 1. The van der Waals surface area contributed by atoms with Crippen LogP contribution in [0.4, 0.5) is 0 Å². The van der Waals surface area contributed by atoms with Gasteiger partial charge in [0.05, 0.1) is 5.75 Å². The summed E-state index contributed by atoms with van der Waals surface area (Å²) < 4.78 is 0. The zero-order chi connectivity index (χ0) is 8.10. The van der Waals surface area contributed by atoms with Crippen molar-refractivity contribution in [1.82, 2.24) is 0 Å². The molecule has 0 spiro atoms. The lowest BCUT2D eigenvalue weighted by Crippen LogP contribution is -1.72. The van der Waals surface area contributed by atoms with Crippen molar-refractivity contribution in [3.63, 3.8) is 0 Å². The van der Waals surface area contributed by atoms with Crippen LogP contribution in [0, 0.1) is 12.3 Å². The fourth-order valence-corrected chi connectivity index (χ4v) is 1.25. The van der Waals surface area contributed by atoms with Crippen molar-refractivity contribution in [2.24, 2.45) is 0 Å². The third-order valence-corrected chi connectivity index (χ3v) is 2.08. The highest BCUT2D eigenvalue weighted by Crippen LogP contribution is 2.19. The van der Waals surface area contributed by atoms with E-state index >= 15 is 0 Å². The number of benzene rings is 1. The van der Waals surface area contributed by atoms with Gasteiger partial charge < -0.3 is 5.11 Å². The molecule has 11 heavy (non-hydrogen) atoms. The predicted molar refractivity (Wildman–Crippen MR) is 47.7 cm³/mol. The van der Waals surface area contributed by atoms with Crippen molar-refractivity contribution in [1.29, 1.82) is 0 Å². The molecule has 0 fully saturated rings. The lowest BCUT2D eigenvalue weighted by molar-refractivity contribution is 0.475. The summed E-state index contributed by atoms with van der Waals surface area (Å²) in [4.78, 5) is 1.08.